The summed E-state index contributed by atoms with van der Waals surface area (Å²) in [6.45, 7) is 0. The van der Waals surface area contributed by atoms with Crippen molar-refractivity contribution in [2.24, 2.45) is 0 Å². The largest absolute Gasteiger partial charge is 0.316 e. The molecule has 0 fully saturated rings. The maximum absolute atomic E-state index is 0. The molecule has 0 heterocycles. The van der Waals surface area contributed by atoms with Gasteiger partial charge in [0.15, 0.2) is 17.4 Å². The molecule has 0 aliphatic carbocycles. The normalized spacial score (nSPS) is 0. The zero-order valence-electron chi connectivity index (χ0n) is 0.408. The molecule has 0 aromatic carbocycles. The number of rotatable bonds is 0. The molecule has 0 aromatic heterocycles. The molecule has 0 spiro atoms. The Morgan fingerprint density at radius 2 is 1.00 bits per heavy atom. The summed E-state index contributed by atoms with van der Waals surface area (Å²) >= 11 is 0. The van der Waals surface area contributed by atoms with Gasteiger partial charge in [0.05, 0.1) is 0 Å². The minimum Gasteiger partial charge on any atom is -0.0149 e. The first kappa shape index (κ1) is 39.4. The summed E-state index contributed by atoms with van der Waals surface area (Å²) in [7, 11) is 0. The molecule has 0 aliphatic heterocycles. The summed E-state index contributed by atoms with van der Waals surface area (Å²) in [5, 5.41) is 0. The quantitative estimate of drug-likeness (QED) is 0.381. The van der Waals surface area contributed by atoms with E-state index in [9.17, 15) is 0 Å². The van der Waals surface area contributed by atoms with E-state index in [4.69, 9.17) is 0 Å². The van der Waals surface area contributed by atoms with Crippen LogP contribution in [0.4, 0.5) is 0 Å². The Bertz CT molecular complexity index is 11.6. The van der Waals surface area contributed by atoms with Gasteiger partial charge in [0, 0.05) is 40.4 Å². The molecular formula is H10AlLiMgSiSm. The zero-order chi connectivity index (χ0) is 0. The van der Waals surface area contributed by atoms with Crippen molar-refractivity contribution in [2.45, 2.75) is 0 Å². The summed E-state index contributed by atoms with van der Waals surface area (Å²) in [4.78, 5) is 0. The van der Waals surface area contributed by atoms with Gasteiger partial charge in [-0.25, -0.2) is 0 Å². The van der Waals surface area contributed by atoms with Crippen LogP contribution >= 0.6 is 0 Å². The van der Waals surface area contributed by atoms with Gasteiger partial charge in [-0.2, -0.15) is 0 Å². The molecule has 0 aliphatic rings. The van der Waals surface area contributed by atoms with E-state index in [1.165, 1.54) is 0 Å². The van der Waals surface area contributed by atoms with Gasteiger partial charge < -0.3 is 0 Å². The predicted molar refractivity (Wildman–Crippen MR) is 37.0 cm³/mol. The van der Waals surface area contributed by atoms with Crippen LogP contribution < -0.4 is 0 Å². The molecule has 0 nitrogen and oxygen atoms in total. The first-order valence-electron chi connectivity index (χ1n) is 0. The van der Waals surface area contributed by atoms with Crippen LogP contribution in [0.15, 0.2) is 0 Å². The number of hydrogen-bond acceptors (Lipinski definition) is 0. The fraction of sp³-hybridized carbons (Fsp3) is 0. The van der Waals surface area contributed by atoms with E-state index < -0.39 is 0 Å². The SMILES string of the molecule is [AlH3].[LiH].[MgH2].[SiH4].[Sm]. The third-order valence-electron chi connectivity index (χ3n) is 0. The Balaban J connectivity index is 0. The minimum absolute atomic E-state index is 0. The van der Waals surface area contributed by atoms with E-state index in [0.717, 1.165) is 0 Å². The van der Waals surface area contributed by atoms with E-state index in [2.05, 4.69) is 0 Å². The molecule has 5 heteroatoms. The van der Waals surface area contributed by atoms with Gasteiger partial charge in [-0.3, -0.25) is 0 Å². The Hall–Kier alpha value is 3.45. The first-order valence-corrected chi connectivity index (χ1v) is 0. The van der Waals surface area contributed by atoms with E-state index >= 15 is 0 Å². The second-order valence-electron chi connectivity index (χ2n) is 0. The van der Waals surface area contributed by atoms with Crippen molar-refractivity contribution >= 4 is 70.2 Å². The number of hydrogen-bond donors (Lipinski definition) is 0. The Labute approximate surface area is 108 Å². The van der Waals surface area contributed by atoms with Crippen LogP contribution in [0.3, 0.4) is 0 Å². The van der Waals surface area contributed by atoms with E-state index in [1.807, 2.05) is 0 Å². The van der Waals surface area contributed by atoms with Gasteiger partial charge in [-0.05, 0) is 11.0 Å². The molecule has 0 bridgehead atoms. The van der Waals surface area contributed by atoms with E-state index in [-0.39, 0.29) is 111 Å². The molecule has 0 aromatic rings. The molecule has 5 heavy (non-hydrogen) atoms. The third-order valence-corrected chi connectivity index (χ3v) is 0. The van der Waals surface area contributed by atoms with Crippen molar-refractivity contribution < 1.29 is 40.4 Å². The molecule has 0 atom stereocenters. The summed E-state index contributed by atoms with van der Waals surface area (Å²) < 4.78 is 0. The van der Waals surface area contributed by atoms with E-state index in [1.54, 1.807) is 0 Å². The first-order chi connectivity index (χ1) is 0. The maximum atomic E-state index is 0. The van der Waals surface area contributed by atoms with Gasteiger partial charge in [-0.1, -0.05) is 0 Å². The van der Waals surface area contributed by atoms with E-state index in [0.29, 0.717) is 0 Å². The molecule has 0 saturated carbocycles. The van der Waals surface area contributed by atoms with Crippen LogP contribution in [0.1, 0.15) is 0 Å². The molecule has 0 unspecified atom stereocenters. The fourth-order valence-corrected chi connectivity index (χ4v) is 0. The maximum Gasteiger partial charge on any atom is 0.316 e. The Morgan fingerprint density at radius 1 is 1.00 bits per heavy atom. The standard InChI is InChI=1S/Al.Li.Mg.H4Si.Sm.6H/h;;;1H4;;;;;;;. The second kappa shape index (κ2) is 26.0. The van der Waals surface area contributed by atoms with Crippen molar-refractivity contribution in [1.82, 2.24) is 0 Å². The van der Waals surface area contributed by atoms with Crippen LogP contribution in [0, 0.1) is 40.4 Å². The van der Waals surface area contributed by atoms with Crippen LogP contribution in [0.25, 0.3) is 0 Å². The van der Waals surface area contributed by atoms with Crippen molar-refractivity contribution in [2.75, 3.05) is 0 Å². The van der Waals surface area contributed by atoms with Gasteiger partial charge in [0.25, 0.3) is 0 Å². The topological polar surface area (TPSA) is 0 Å². The molecule has 0 rings (SSSR count). The van der Waals surface area contributed by atoms with Crippen molar-refractivity contribution in [1.29, 1.82) is 0 Å². The molecule has 0 radical (unpaired) electrons. The van der Waals surface area contributed by atoms with Crippen LogP contribution in [-0.2, 0) is 0 Å². The molecular weight excluding hydrogens is 237 g/mol. The van der Waals surface area contributed by atoms with Gasteiger partial charge >= 0.3 is 41.9 Å². The van der Waals surface area contributed by atoms with Crippen molar-refractivity contribution in [3.05, 3.63) is 0 Å². The summed E-state index contributed by atoms with van der Waals surface area (Å²) in [6, 6.07) is 0. The average molecular weight is 247 g/mol. The summed E-state index contributed by atoms with van der Waals surface area (Å²) in [6.07, 6.45) is 0. The van der Waals surface area contributed by atoms with Crippen molar-refractivity contribution in [3.63, 3.8) is 0 Å². The second-order valence-corrected chi connectivity index (χ2v) is 0. The van der Waals surface area contributed by atoms with Crippen LogP contribution in [-0.4, -0.2) is 70.2 Å². The van der Waals surface area contributed by atoms with Gasteiger partial charge in [0.1, 0.15) is 0 Å². The molecule has 0 N–H and O–H groups in total. The molecule has 0 amide bonds. The average Bonchev–Trinajstić information content (AvgIpc) is 0. The van der Waals surface area contributed by atoms with Crippen molar-refractivity contribution in [3.8, 4) is 0 Å². The monoisotopic (exact) mass is 248 g/mol. The van der Waals surface area contributed by atoms with Gasteiger partial charge in [0.2, 0.25) is 0 Å². The fourth-order valence-electron chi connectivity index (χ4n) is 0. The smallest absolute Gasteiger partial charge is 0.0149 e. The minimum atomic E-state index is 0. The zero-order valence-corrected chi connectivity index (χ0v) is 3.03. The van der Waals surface area contributed by atoms with Crippen LogP contribution in [0.2, 0.25) is 0 Å². The molecule has 0 saturated heterocycles. The third kappa shape index (κ3) is 18.6. The predicted octanol–water partition coefficient (Wildman–Crippen LogP) is -4.20. The Kier molecular flexibility index (Phi) is 205. The Morgan fingerprint density at radius 3 is 1.00 bits per heavy atom. The summed E-state index contributed by atoms with van der Waals surface area (Å²) in [5.74, 6) is 0. The summed E-state index contributed by atoms with van der Waals surface area (Å²) in [5.41, 5.74) is 0. The van der Waals surface area contributed by atoms with Crippen LogP contribution in [0.5, 0.6) is 0 Å². The van der Waals surface area contributed by atoms with Gasteiger partial charge in [-0.15, -0.1) is 0 Å². The molecule has 26 valence electrons.